The van der Waals surface area contributed by atoms with Gasteiger partial charge >= 0.3 is 0 Å². The Kier molecular flexibility index (Phi) is 6.50. The summed E-state index contributed by atoms with van der Waals surface area (Å²) in [6.07, 6.45) is 5.67. The van der Waals surface area contributed by atoms with Crippen molar-refractivity contribution in [1.82, 2.24) is 10.6 Å². The van der Waals surface area contributed by atoms with Crippen molar-refractivity contribution in [3.05, 3.63) is 12.2 Å². The first-order valence-electron chi connectivity index (χ1n) is 8.73. The molecule has 3 atom stereocenters. The standard InChI is InChI=1S/C17H31N3O2S/c1-13(2)10-18-17(20-16-6-4-5-14(3)9-16)19-11-15-7-8-23(21,22)12-15/h14-16H,1,4-12H2,2-3H3,(H2,18,19,20). The van der Waals surface area contributed by atoms with Crippen LogP contribution in [0.5, 0.6) is 0 Å². The predicted octanol–water partition coefficient (Wildman–Crippen LogP) is 2.11. The van der Waals surface area contributed by atoms with Crippen molar-refractivity contribution in [2.24, 2.45) is 16.8 Å². The van der Waals surface area contributed by atoms with Gasteiger partial charge in [0.1, 0.15) is 0 Å². The number of nitrogens with one attached hydrogen (secondary N) is 2. The molecule has 0 amide bonds. The van der Waals surface area contributed by atoms with E-state index in [1.165, 1.54) is 25.7 Å². The number of sulfone groups is 1. The van der Waals surface area contributed by atoms with Crippen molar-refractivity contribution in [1.29, 1.82) is 0 Å². The molecular formula is C17H31N3O2S. The van der Waals surface area contributed by atoms with Crippen LogP contribution >= 0.6 is 0 Å². The van der Waals surface area contributed by atoms with Gasteiger partial charge in [-0.15, -0.1) is 0 Å². The summed E-state index contributed by atoms with van der Waals surface area (Å²) in [5, 5.41) is 6.89. The molecule has 1 aliphatic heterocycles. The van der Waals surface area contributed by atoms with E-state index in [4.69, 9.17) is 0 Å². The molecule has 0 aromatic carbocycles. The van der Waals surface area contributed by atoms with Crippen LogP contribution in [-0.2, 0) is 9.84 Å². The van der Waals surface area contributed by atoms with Crippen LogP contribution < -0.4 is 10.6 Å². The number of rotatable bonds is 5. The third-order valence-corrected chi connectivity index (χ3v) is 6.51. The average molecular weight is 342 g/mol. The average Bonchev–Trinajstić information content (AvgIpc) is 2.81. The fourth-order valence-electron chi connectivity index (χ4n) is 3.40. The van der Waals surface area contributed by atoms with E-state index in [0.717, 1.165) is 23.9 Å². The molecule has 3 unspecified atom stereocenters. The van der Waals surface area contributed by atoms with E-state index < -0.39 is 9.84 Å². The van der Waals surface area contributed by atoms with E-state index in [9.17, 15) is 8.42 Å². The second-order valence-corrected chi connectivity index (χ2v) is 9.61. The highest BCUT2D eigenvalue weighted by atomic mass is 32.2. The molecule has 0 aromatic rings. The van der Waals surface area contributed by atoms with Crippen molar-refractivity contribution >= 4 is 15.8 Å². The molecule has 6 heteroatoms. The number of hydrogen-bond donors (Lipinski definition) is 2. The maximum atomic E-state index is 11.6. The van der Waals surface area contributed by atoms with Gasteiger partial charge in [-0.1, -0.05) is 31.9 Å². The fourth-order valence-corrected chi connectivity index (χ4v) is 5.26. The van der Waals surface area contributed by atoms with Gasteiger partial charge in [-0.2, -0.15) is 0 Å². The van der Waals surface area contributed by atoms with Crippen LogP contribution in [0.3, 0.4) is 0 Å². The molecule has 0 spiro atoms. The van der Waals surface area contributed by atoms with Gasteiger partial charge in [-0.25, -0.2) is 13.4 Å². The molecule has 2 rings (SSSR count). The van der Waals surface area contributed by atoms with Crippen molar-refractivity contribution in [3.63, 3.8) is 0 Å². The van der Waals surface area contributed by atoms with Crippen LogP contribution in [0.25, 0.3) is 0 Å². The Morgan fingerprint density at radius 3 is 2.70 bits per heavy atom. The molecule has 2 aliphatic rings. The van der Waals surface area contributed by atoms with Crippen molar-refractivity contribution in [2.45, 2.75) is 52.0 Å². The highest BCUT2D eigenvalue weighted by Gasteiger charge is 2.28. The first kappa shape index (κ1) is 18.3. The van der Waals surface area contributed by atoms with Crippen LogP contribution in [-0.4, -0.2) is 45.0 Å². The largest absolute Gasteiger partial charge is 0.356 e. The van der Waals surface area contributed by atoms with Crippen LogP contribution in [0.15, 0.2) is 17.1 Å². The van der Waals surface area contributed by atoms with Crippen molar-refractivity contribution in [2.75, 3.05) is 24.6 Å². The second-order valence-electron chi connectivity index (χ2n) is 7.38. The van der Waals surface area contributed by atoms with E-state index in [-0.39, 0.29) is 5.92 Å². The van der Waals surface area contributed by atoms with Gasteiger partial charge < -0.3 is 10.6 Å². The molecule has 132 valence electrons. The van der Waals surface area contributed by atoms with E-state index in [0.29, 0.717) is 30.6 Å². The van der Waals surface area contributed by atoms with Gasteiger partial charge in [0.25, 0.3) is 0 Å². The summed E-state index contributed by atoms with van der Waals surface area (Å²) in [4.78, 5) is 4.59. The van der Waals surface area contributed by atoms with Crippen LogP contribution in [0, 0.1) is 11.8 Å². The summed E-state index contributed by atoms with van der Waals surface area (Å²) < 4.78 is 23.1. The Hall–Kier alpha value is -1.04. The summed E-state index contributed by atoms with van der Waals surface area (Å²) in [5.41, 5.74) is 1.02. The molecule has 1 aliphatic carbocycles. The van der Waals surface area contributed by atoms with Crippen LogP contribution in [0.1, 0.15) is 46.0 Å². The zero-order valence-corrected chi connectivity index (χ0v) is 15.3. The molecular weight excluding hydrogens is 310 g/mol. The Labute approximate surface area is 140 Å². The lowest BCUT2D eigenvalue weighted by Crippen LogP contribution is -2.46. The Balaban J connectivity index is 1.89. The summed E-state index contributed by atoms with van der Waals surface area (Å²) in [7, 11) is -2.82. The highest BCUT2D eigenvalue weighted by molar-refractivity contribution is 7.91. The van der Waals surface area contributed by atoms with Crippen LogP contribution in [0.2, 0.25) is 0 Å². The minimum absolute atomic E-state index is 0.196. The zero-order chi connectivity index (χ0) is 16.9. The molecule has 5 nitrogen and oxygen atoms in total. The number of hydrogen-bond acceptors (Lipinski definition) is 3. The van der Waals surface area contributed by atoms with Gasteiger partial charge in [0.2, 0.25) is 0 Å². The monoisotopic (exact) mass is 341 g/mol. The topological polar surface area (TPSA) is 70.6 Å². The van der Waals surface area contributed by atoms with Gasteiger partial charge in [0.05, 0.1) is 18.1 Å². The van der Waals surface area contributed by atoms with E-state index in [2.05, 4.69) is 29.1 Å². The predicted molar refractivity (Wildman–Crippen MR) is 96.4 cm³/mol. The molecule has 0 aromatic heterocycles. The maximum absolute atomic E-state index is 11.6. The molecule has 0 radical (unpaired) electrons. The summed E-state index contributed by atoms with van der Waals surface area (Å²) in [5.74, 6) is 2.38. The lowest BCUT2D eigenvalue weighted by Gasteiger charge is -2.29. The van der Waals surface area contributed by atoms with Crippen molar-refractivity contribution < 1.29 is 8.42 Å². The third kappa shape index (κ3) is 6.53. The summed E-state index contributed by atoms with van der Waals surface area (Å²) in [6, 6.07) is 0.461. The number of nitrogens with zero attached hydrogens (tertiary/aromatic N) is 1. The normalized spacial score (nSPS) is 30.9. The molecule has 2 N–H and O–H groups in total. The quantitative estimate of drug-likeness (QED) is 0.456. The smallest absolute Gasteiger partial charge is 0.191 e. The minimum atomic E-state index is -2.82. The van der Waals surface area contributed by atoms with E-state index in [1.807, 2.05) is 6.92 Å². The SMILES string of the molecule is C=C(C)CN=C(NCC1CCS(=O)(=O)C1)NC1CCCC(C)C1. The molecule has 1 saturated heterocycles. The summed E-state index contributed by atoms with van der Waals surface area (Å²) >= 11 is 0. The number of guanidine groups is 1. The second kappa shape index (κ2) is 8.18. The molecule has 0 bridgehead atoms. The fraction of sp³-hybridized carbons (Fsp3) is 0.824. The molecule has 1 saturated carbocycles. The van der Waals surface area contributed by atoms with E-state index >= 15 is 0 Å². The highest BCUT2D eigenvalue weighted by Crippen LogP contribution is 2.23. The van der Waals surface area contributed by atoms with E-state index in [1.54, 1.807) is 0 Å². The lowest BCUT2D eigenvalue weighted by atomic mass is 9.87. The van der Waals surface area contributed by atoms with Gasteiger partial charge in [-0.3, -0.25) is 0 Å². The van der Waals surface area contributed by atoms with Gasteiger partial charge in [0.15, 0.2) is 15.8 Å². The maximum Gasteiger partial charge on any atom is 0.191 e. The van der Waals surface area contributed by atoms with Gasteiger partial charge in [0, 0.05) is 12.6 Å². The third-order valence-electron chi connectivity index (χ3n) is 4.67. The first-order valence-corrected chi connectivity index (χ1v) is 10.6. The molecule has 2 fully saturated rings. The number of aliphatic imine (C=N–C) groups is 1. The Morgan fingerprint density at radius 2 is 2.09 bits per heavy atom. The molecule has 1 heterocycles. The first-order chi connectivity index (χ1) is 10.8. The Bertz CT molecular complexity index is 542. The van der Waals surface area contributed by atoms with Crippen LogP contribution in [0.4, 0.5) is 0 Å². The lowest BCUT2D eigenvalue weighted by molar-refractivity contribution is 0.324. The summed E-state index contributed by atoms with van der Waals surface area (Å²) in [6.45, 7) is 9.44. The zero-order valence-electron chi connectivity index (χ0n) is 14.5. The molecule has 23 heavy (non-hydrogen) atoms. The van der Waals surface area contributed by atoms with Crippen molar-refractivity contribution in [3.8, 4) is 0 Å². The Morgan fingerprint density at radius 1 is 1.30 bits per heavy atom. The minimum Gasteiger partial charge on any atom is -0.356 e. The van der Waals surface area contributed by atoms with Gasteiger partial charge in [-0.05, 0) is 38.0 Å².